The molecule has 0 heterocycles. The van der Waals surface area contributed by atoms with E-state index in [2.05, 4.69) is 45.5 Å². The largest absolute Gasteiger partial charge is 0.313 e. The highest BCUT2D eigenvalue weighted by Crippen LogP contribution is 2.54. The van der Waals surface area contributed by atoms with Crippen LogP contribution in [0.3, 0.4) is 0 Å². The highest BCUT2D eigenvalue weighted by Gasteiger charge is 2.44. The smallest absolute Gasteiger partial charge is 0.128 e. The first-order valence-corrected chi connectivity index (χ1v) is 7.67. The first-order valence-electron chi connectivity index (χ1n) is 6.88. The molecule has 3 unspecified atom stereocenters. The van der Waals surface area contributed by atoms with Gasteiger partial charge in [0.1, 0.15) is 5.82 Å². The van der Waals surface area contributed by atoms with Crippen LogP contribution in [0.5, 0.6) is 0 Å². The molecule has 0 aliphatic heterocycles. The fourth-order valence-electron chi connectivity index (χ4n) is 3.02. The molecule has 1 saturated carbocycles. The van der Waals surface area contributed by atoms with Gasteiger partial charge in [0.05, 0.1) is 0 Å². The second-order valence-electron chi connectivity index (χ2n) is 5.35. The minimum atomic E-state index is -0.133. The minimum absolute atomic E-state index is 0.0673. The molecule has 0 radical (unpaired) electrons. The summed E-state index contributed by atoms with van der Waals surface area (Å²) in [6, 6.07) is 15.7. The maximum Gasteiger partial charge on any atom is 0.128 e. The summed E-state index contributed by atoms with van der Waals surface area (Å²) in [5.74, 6) is 0.865. The zero-order chi connectivity index (χ0) is 14.1. The lowest BCUT2D eigenvalue weighted by molar-refractivity contribution is 0.484. The molecule has 1 aliphatic rings. The minimum Gasteiger partial charge on any atom is -0.313 e. The molecule has 0 amide bonds. The zero-order valence-electron chi connectivity index (χ0n) is 11.3. The van der Waals surface area contributed by atoms with Gasteiger partial charge >= 0.3 is 0 Å². The van der Waals surface area contributed by atoms with Crippen molar-refractivity contribution < 1.29 is 4.39 Å². The van der Waals surface area contributed by atoms with Gasteiger partial charge in [-0.05, 0) is 49.1 Å². The Bertz CT molecular complexity index is 599. The fraction of sp³-hybridized carbons (Fsp3) is 0.294. The maximum absolute atomic E-state index is 14.1. The van der Waals surface area contributed by atoms with Gasteiger partial charge < -0.3 is 5.32 Å². The average Bonchev–Trinajstić information content (AvgIpc) is 3.25. The lowest BCUT2D eigenvalue weighted by Crippen LogP contribution is -2.20. The van der Waals surface area contributed by atoms with Gasteiger partial charge in [-0.25, -0.2) is 4.39 Å². The fourth-order valence-corrected chi connectivity index (χ4v) is 3.40. The van der Waals surface area contributed by atoms with Crippen molar-refractivity contribution in [2.24, 2.45) is 5.92 Å². The van der Waals surface area contributed by atoms with E-state index in [9.17, 15) is 4.39 Å². The van der Waals surface area contributed by atoms with Crippen molar-refractivity contribution in [3.05, 3.63) is 69.9 Å². The topological polar surface area (TPSA) is 12.0 Å². The van der Waals surface area contributed by atoms with E-state index in [-0.39, 0.29) is 11.9 Å². The number of nitrogens with one attached hydrogen (secondary N) is 1. The number of benzene rings is 2. The predicted octanol–water partition coefficient (Wildman–Crippen LogP) is 4.65. The van der Waals surface area contributed by atoms with E-state index in [1.165, 1.54) is 11.6 Å². The Balaban J connectivity index is 1.84. The molecule has 1 fully saturated rings. The van der Waals surface area contributed by atoms with E-state index in [1.807, 2.05) is 19.2 Å². The summed E-state index contributed by atoms with van der Waals surface area (Å²) in [5.41, 5.74) is 2.11. The predicted molar refractivity (Wildman–Crippen MR) is 83.2 cm³/mol. The van der Waals surface area contributed by atoms with Gasteiger partial charge in [0.15, 0.2) is 0 Å². The third-order valence-corrected chi connectivity index (χ3v) is 4.59. The number of hydrogen-bond acceptors (Lipinski definition) is 1. The molecule has 0 bridgehead atoms. The zero-order valence-corrected chi connectivity index (χ0v) is 12.9. The van der Waals surface area contributed by atoms with Crippen LogP contribution in [-0.4, -0.2) is 7.05 Å². The van der Waals surface area contributed by atoms with E-state index in [1.54, 1.807) is 6.07 Å². The van der Waals surface area contributed by atoms with Crippen LogP contribution in [0.2, 0.25) is 0 Å². The number of rotatable bonds is 4. The van der Waals surface area contributed by atoms with Crippen LogP contribution in [0.15, 0.2) is 53.0 Å². The maximum atomic E-state index is 14.1. The van der Waals surface area contributed by atoms with E-state index in [0.29, 0.717) is 11.8 Å². The normalized spacial score (nSPS) is 22.6. The molecule has 1 nitrogen and oxygen atoms in total. The van der Waals surface area contributed by atoms with E-state index >= 15 is 0 Å². The summed E-state index contributed by atoms with van der Waals surface area (Å²) in [5, 5.41) is 3.29. The number of hydrogen-bond donors (Lipinski definition) is 1. The summed E-state index contributed by atoms with van der Waals surface area (Å²) in [6.07, 6.45) is 1.11. The first-order chi connectivity index (χ1) is 9.70. The van der Waals surface area contributed by atoms with Crippen LogP contribution in [0.1, 0.15) is 29.5 Å². The summed E-state index contributed by atoms with van der Waals surface area (Å²) >= 11 is 3.43. The molecule has 3 rings (SSSR count). The van der Waals surface area contributed by atoms with Crippen molar-refractivity contribution in [1.82, 2.24) is 5.32 Å². The molecule has 104 valence electrons. The summed E-state index contributed by atoms with van der Waals surface area (Å²) in [7, 11) is 1.91. The third kappa shape index (κ3) is 2.65. The molecular weight excluding hydrogens is 317 g/mol. The Morgan fingerprint density at radius 3 is 2.65 bits per heavy atom. The Hall–Kier alpha value is -1.19. The van der Waals surface area contributed by atoms with Crippen LogP contribution in [0, 0.1) is 11.7 Å². The van der Waals surface area contributed by atoms with Gasteiger partial charge in [0.2, 0.25) is 0 Å². The van der Waals surface area contributed by atoms with Crippen molar-refractivity contribution >= 4 is 15.9 Å². The standard InChI is InChI=1S/C17H17BrFN/c1-20-17(15-9-12(18)7-8-16(15)19)14-10-13(14)11-5-3-2-4-6-11/h2-9,13-14,17,20H,10H2,1H3. The Morgan fingerprint density at radius 1 is 1.20 bits per heavy atom. The lowest BCUT2D eigenvalue weighted by atomic mass is 9.98. The molecule has 2 aromatic carbocycles. The Morgan fingerprint density at radius 2 is 1.95 bits per heavy atom. The highest BCUT2D eigenvalue weighted by atomic mass is 79.9. The van der Waals surface area contributed by atoms with Gasteiger partial charge in [0.25, 0.3) is 0 Å². The number of halogens is 2. The van der Waals surface area contributed by atoms with Crippen LogP contribution in [-0.2, 0) is 0 Å². The van der Waals surface area contributed by atoms with Crippen molar-refractivity contribution in [1.29, 1.82) is 0 Å². The van der Waals surface area contributed by atoms with Crippen molar-refractivity contribution in [3.63, 3.8) is 0 Å². The monoisotopic (exact) mass is 333 g/mol. The quantitative estimate of drug-likeness (QED) is 0.858. The highest BCUT2D eigenvalue weighted by molar-refractivity contribution is 9.10. The molecule has 3 heteroatoms. The first kappa shape index (κ1) is 13.8. The van der Waals surface area contributed by atoms with Gasteiger partial charge in [-0.1, -0.05) is 46.3 Å². The molecule has 0 aromatic heterocycles. The van der Waals surface area contributed by atoms with Crippen LogP contribution in [0.4, 0.5) is 4.39 Å². The van der Waals surface area contributed by atoms with E-state index in [0.717, 1.165) is 16.5 Å². The molecule has 0 saturated heterocycles. The average molecular weight is 334 g/mol. The van der Waals surface area contributed by atoms with Crippen molar-refractivity contribution in [2.45, 2.75) is 18.4 Å². The lowest BCUT2D eigenvalue weighted by Gasteiger charge is -2.18. The summed E-state index contributed by atoms with van der Waals surface area (Å²) in [6.45, 7) is 0. The van der Waals surface area contributed by atoms with Gasteiger partial charge in [0, 0.05) is 16.1 Å². The summed E-state index contributed by atoms with van der Waals surface area (Å²) in [4.78, 5) is 0. The summed E-state index contributed by atoms with van der Waals surface area (Å²) < 4.78 is 15.0. The molecular formula is C17H17BrFN. The van der Waals surface area contributed by atoms with E-state index < -0.39 is 0 Å². The van der Waals surface area contributed by atoms with Gasteiger partial charge in [-0.15, -0.1) is 0 Å². The van der Waals surface area contributed by atoms with Gasteiger partial charge in [-0.3, -0.25) is 0 Å². The van der Waals surface area contributed by atoms with Crippen molar-refractivity contribution in [2.75, 3.05) is 7.05 Å². The second-order valence-corrected chi connectivity index (χ2v) is 6.26. The third-order valence-electron chi connectivity index (χ3n) is 4.10. The van der Waals surface area contributed by atoms with E-state index in [4.69, 9.17) is 0 Å². The van der Waals surface area contributed by atoms with Crippen LogP contribution >= 0.6 is 15.9 Å². The van der Waals surface area contributed by atoms with Gasteiger partial charge in [-0.2, -0.15) is 0 Å². The molecule has 3 atom stereocenters. The SMILES string of the molecule is CNC(c1cc(Br)ccc1F)C1CC1c1ccccc1. The molecule has 1 N–H and O–H groups in total. The Kier molecular flexibility index (Phi) is 3.90. The molecule has 2 aromatic rings. The molecule has 0 spiro atoms. The molecule has 20 heavy (non-hydrogen) atoms. The second kappa shape index (κ2) is 5.66. The van der Waals surface area contributed by atoms with Crippen LogP contribution in [0.25, 0.3) is 0 Å². The molecule has 1 aliphatic carbocycles. The Labute approximate surface area is 127 Å². The van der Waals surface area contributed by atoms with Crippen LogP contribution < -0.4 is 5.32 Å². The van der Waals surface area contributed by atoms with Crippen molar-refractivity contribution in [3.8, 4) is 0 Å².